The molecule has 1 heterocycles. The van der Waals surface area contributed by atoms with Gasteiger partial charge in [0.05, 0.1) is 24.6 Å². The van der Waals surface area contributed by atoms with Crippen LogP contribution in [0.3, 0.4) is 0 Å². The van der Waals surface area contributed by atoms with Crippen LogP contribution < -0.4 is 4.74 Å². The third kappa shape index (κ3) is 2.22. The number of rotatable bonds is 2. The normalized spacial score (nSPS) is 11.6. The Labute approximate surface area is 109 Å². The van der Waals surface area contributed by atoms with E-state index in [1.165, 1.54) is 36.1 Å². The Morgan fingerprint density at radius 1 is 1.28 bits per heavy atom. The summed E-state index contributed by atoms with van der Waals surface area (Å²) in [5.41, 5.74) is -0.784. The highest BCUT2D eigenvalue weighted by atomic mass is 79.9. The summed E-state index contributed by atoms with van der Waals surface area (Å²) in [6.45, 7) is 0. The summed E-state index contributed by atoms with van der Waals surface area (Å²) in [7, 11) is 1.35. The van der Waals surface area contributed by atoms with Crippen molar-refractivity contribution in [2.24, 2.45) is 0 Å². The maximum absolute atomic E-state index is 12.9. The van der Waals surface area contributed by atoms with Gasteiger partial charge in [-0.3, -0.25) is 4.57 Å². The van der Waals surface area contributed by atoms with E-state index in [9.17, 15) is 13.2 Å². The standard InChI is InChI=1S/C11H8BrF3N2O/c1-18-10-16-6-9(12)17(10)8-5-3-2-4-7(8)11(13,14)15/h2-6H,1H3. The number of para-hydroxylation sites is 1. The number of aromatic nitrogens is 2. The van der Waals surface area contributed by atoms with Crippen molar-refractivity contribution in [1.29, 1.82) is 0 Å². The molecule has 0 amide bonds. The molecule has 0 aliphatic carbocycles. The molecule has 7 heteroatoms. The molecule has 1 aromatic heterocycles. The molecule has 0 fully saturated rings. The van der Waals surface area contributed by atoms with Crippen LogP contribution in [0.5, 0.6) is 6.01 Å². The highest BCUT2D eigenvalue weighted by Gasteiger charge is 2.34. The fourth-order valence-corrected chi connectivity index (χ4v) is 2.03. The van der Waals surface area contributed by atoms with E-state index < -0.39 is 11.7 Å². The van der Waals surface area contributed by atoms with Gasteiger partial charge in [-0.15, -0.1) is 0 Å². The van der Waals surface area contributed by atoms with E-state index in [0.717, 1.165) is 6.07 Å². The number of halogens is 4. The quantitative estimate of drug-likeness (QED) is 0.844. The molecule has 2 rings (SSSR count). The number of alkyl halides is 3. The third-order valence-corrected chi connectivity index (χ3v) is 2.88. The fourth-order valence-electron chi connectivity index (χ4n) is 1.59. The minimum absolute atomic E-state index is 0.0359. The van der Waals surface area contributed by atoms with E-state index in [0.29, 0.717) is 4.60 Å². The van der Waals surface area contributed by atoms with E-state index in [2.05, 4.69) is 20.9 Å². The van der Waals surface area contributed by atoms with E-state index in [1.807, 2.05) is 0 Å². The van der Waals surface area contributed by atoms with Crippen LogP contribution in [0.15, 0.2) is 35.1 Å². The lowest BCUT2D eigenvalue weighted by Gasteiger charge is -2.15. The third-order valence-electron chi connectivity index (χ3n) is 2.32. The summed E-state index contributed by atoms with van der Waals surface area (Å²) in [6, 6.07) is 5.32. The number of nitrogens with zero attached hydrogens (tertiary/aromatic N) is 2. The van der Waals surface area contributed by atoms with Crippen LogP contribution in [0.25, 0.3) is 5.69 Å². The first-order valence-corrected chi connectivity index (χ1v) is 5.68. The van der Waals surface area contributed by atoms with Crippen LogP contribution >= 0.6 is 15.9 Å². The SMILES string of the molecule is COc1ncc(Br)n1-c1ccccc1C(F)(F)F. The number of hydrogen-bond acceptors (Lipinski definition) is 2. The molecule has 0 unspecified atom stereocenters. The van der Waals surface area contributed by atoms with Crippen molar-refractivity contribution in [3.8, 4) is 11.7 Å². The number of imidazole rings is 1. The Morgan fingerprint density at radius 2 is 1.94 bits per heavy atom. The zero-order chi connectivity index (χ0) is 13.3. The molecule has 0 saturated carbocycles. The predicted molar refractivity (Wildman–Crippen MR) is 62.8 cm³/mol. The van der Waals surface area contributed by atoms with Gasteiger partial charge in [0.1, 0.15) is 4.60 Å². The minimum atomic E-state index is -4.44. The number of ether oxygens (including phenoxy) is 1. The summed E-state index contributed by atoms with van der Waals surface area (Å²) < 4.78 is 45.3. The lowest BCUT2D eigenvalue weighted by molar-refractivity contribution is -0.137. The van der Waals surface area contributed by atoms with Crippen LogP contribution in [-0.4, -0.2) is 16.7 Å². The second kappa shape index (κ2) is 4.64. The van der Waals surface area contributed by atoms with Gasteiger partial charge in [0, 0.05) is 0 Å². The first-order valence-electron chi connectivity index (χ1n) is 4.89. The minimum Gasteiger partial charge on any atom is -0.468 e. The van der Waals surface area contributed by atoms with Gasteiger partial charge in [0.15, 0.2) is 0 Å². The Kier molecular flexibility index (Phi) is 3.34. The van der Waals surface area contributed by atoms with Crippen molar-refractivity contribution in [2.45, 2.75) is 6.18 Å². The Morgan fingerprint density at radius 3 is 2.56 bits per heavy atom. The maximum atomic E-state index is 12.9. The molecular formula is C11H8BrF3N2O. The number of benzene rings is 1. The van der Waals surface area contributed by atoms with Crippen LogP contribution in [-0.2, 0) is 6.18 Å². The first kappa shape index (κ1) is 12.9. The largest absolute Gasteiger partial charge is 0.468 e. The summed E-state index contributed by atoms with van der Waals surface area (Å²) in [5.74, 6) is 0. The first-order chi connectivity index (χ1) is 8.45. The van der Waals surface area contributed by atoms with Crippen LogP contribution in [0.1, 0.15) is 5.56 Å². The number of methoxy groups -OCH3 is 1. The monoisotopic (exact) mass is 320 g/mol. The molecule has 0 spiro atoms. The Balaban J connectivity index is 2.68. The fraction of sp³-hybridized carbons (Fsp3) is 0.182. The van der Waals surface area contributed by atoms with Gasteiger partial charge >= 0.3 is 12.2 Å². The Hall–Kier alpha value is -1.50. The smallest absolute Gasteiger partial charge is 0.418 e. The molecule has 0 bridgehead atoms. The molecule has 1 aromatic carbocycles. The van der Waals surface area contributed by atoms with Gasteiger partial charge in [-0.25, -0.2) is 4.98 Å². The molecule has 96 valence electrons. The highest BCUT2D eigenvalue weighted by molar-refractivity contribution is 9.10. The van der Waals surface area contributed by atoms with Gasteiger partial charge in [-0.2, -0.15) is 13.2 Å². The molecular weight excluding hydrogens is 313 g/mol. The van der Waals surface area contributed by atoms with Crippen LogP contribution in [0.2, 0.25) is 0 Å². The predicted octanol–water partition coefficient (Wildman–Crippen LogP) is 3.66. The van der Waals surface area contributed by atoms with Crippen molar-refractivity contribution in [3.63, 3.8) is 0 Å². The highest BCUT2D eigenvalue weighted by Crippen LogP contribution is 2.36. The van der Waals surface area contributed by atoms with E-state index in [1.54, 1.807) is 0 Å². The van der Waals surface area contributed by atoms with Gasteiger partial charge in [0.25, 0.3) is 0 Å². The van der Waals surface area contributed by atoms with Crippen molar-refractivity contribution in [3.05, 3.63) is 40.6 Å². The van der Waals surface area contributed by atoms with Crippen molar-refractivity contribution < 1.29 is 17.9 Å². The topological polar surface area (TPSA) is 27.1 Å². The molecule has 2 aromatic rings. The van der Waals surface area contributed by atoms with Crippen molar-refractivity contribution in [1.82, 2.24) is 9.55 Å². The summed E-state index contributed by atoms with van der Waals surface area (Å²) in [4.78, 5) is 3.86. The molecule has 0 N–H and O–H groups in total. The Bertz CT molecular complexity index is 566. The number of hydrogen-bond donors (Lipinski definition) is 0. The zero-order valence-corrected chi connectivity index (χ0v) is 10.8. The molecule has 0 aliphatic heterocycles. The maximum Gasteiger partial charge on any atom is 0.418 e. The second-order valence-corrected chi connectivity index (χ2v) is 4.23. The summed E-state index contributed by atoms with van der Waals surface area (Å²) >= 11 is 3.15. The summed E-state index contributed by atoms with van der Waals surface area (Å²) in [6.07, 6.45) is -3.06. The molecule has 18 heavy (non-hydrogen) atoms. The van der Waals surface area contributed by atoms with E-state index in [4.69, 9.17) is 4.74 Å². The van der Waals surface area contributed by atoms with Gasteiger partial charge in [0.2, 0.25) is 0 Å². The second-order valence-electron chi connectivity index (χ2n) is 3.42. The molecule has 0 saturated heterocycles. The molecule has 3 nitrogen and oxygen atoms in total. The molecule has 0 radical (unpaired) electrons. The van der Waals surface area contributed by atoms with E-state index >= 15 is 0 Å². The van der Waals surface area contributed by atoms with E-state index in [-0.39, 0.29) is 11.7 Å². The zero-order valence-electron chi connectivity index (χ0n) is 9.20. The lowest BCUT2D eigenvalue weighted by atomic mass is 10.1. The average Bonchev–Trinajstić information content (AvgIpc) is 2.69. The van der Waals surface area contributed by atoms with Gasteiger partial charge in [-0.05, 0) is 28.1 Å². The lowest BCUT2D eigenvalue weighted by Crippen LogP contribution is -2.11. The van der Waals surface area contributed by atoms with Crippen LogP contribution in [0.4, 0.5) is 13.2 Å². The summed E-state index contributed by atoms with van der Waals surface area (Å²) in [5, 5.41) is 0. The van der Waals surface area contributed by atoms with Gasteiger partial charge < -0.3 is 4.74 Å². The van der Waals surface area contributed by atoms with Crippen molar-refractivity contribution >= 4 is 15.9 Å². The van der Waals surface area contributed by atoms with Gasteiger partial charge in [-0.1, -0.05) is 12.1 Å². The molecule has 0 aliphatic rings. The van der Waals surface area contributed by atoms with Crippen molar-refractivity contribution in [2.75, 3.05) is 7.11 Å². The average molecular weight is 321 g/mol. The molecule has 0 atom stereocenters. The van der Waals surface area contributed by atoms with Crippen LogP contribution in [0, 0.1) is 0 Å².